The number of aromatic nitrogens is 1. The Kier molecular flexibility index (Phi) is 8.23. The van der Waals surface area contributed by atoms with E-state index in [-0.39, 0.29) is 24.6 Å². The third kappa shape index (κ3) is 7.43. The molecule has 0 unspecified atom stereocenters. The smallest absolute Gasteiger partial charge is 0.394 e. The molecule has 0 radical (unpaired) electrons. The Labute approximate surface area is 188 Å². The maximum absolute atomic E-state index is 12.6. The predicted octanol–water partition coefficient (Wildman–Crippen LogP) is 2.84. The predicted molar refractivity (Wildman–Crippen MR) is 113 cm³/mol. The molecule has 178 valence electrons. The Balaban J connectivity index is 1.45. The van der Waals surface area contributed by atoms with Gasteiger partial charge >= 0.3 is 12.2 Å². The molecule has 0 spiro atoms. The molecule has 4 N–H and O–H groups in total. The molecule has 2 aromatic rings. The zero-order valence-electron chi connectivity index (χ0n) is 17.6. The number of halogens is 3. The number of nitrogens with one attached hydrogen (secondary N) is 3. The maximum atomic E-state index is 12.6. The molecule has 0 bridgehead atoms. The number of pyridine rings is 1. The molecule has 1 aliphatic rings. The topological polar surface area (TPSA) is 113 Å². The fourth-order valence-corrected chi connectivity index (χ4v) is 3.50. The number of hydrogen-bond acceptors (Lipinski definition) is 5. The number of benzene rings is 1. The van der Waals surface area contributed by atoms with Gasteiger partial charge in [-0.15, -0.1) is 0 Å². The summed E-state index contributed by atoms with van der Waals surface area (Å²) in [5.74, 6) is -0.214. The number of aliphatic hydroxyl groups is 1. The second-order valence-corrected chi connectivity index (χ2v) is 7.64. The molecular formula is C22H25F3N4O4. The molecule has 3 atom stereocenters. The number of carbonyl (C=O) groups excluding carboxylic acids is 2. The number of alkyl halides is 3. The van der Waals surface area contributed by atoms with Gasteiger partial charge in [-0.1, -0.05) is 6.07 Å². The van der Waals surface area contributed by atoms with Gasteiger partial charge in [0.1, 0.15) is 6.10 Å². The summed E-state index contributed by atoms with van der Waals surface area (Å²) < 4.78 is 43.7. The van der Waals surface area contributed by atoms with Crippen molar-refractivity contribution in [2.45, 2.75) is 50.2 Å². The lowest BCUT2D eigenvalue weighted by Gasteiger charge is -2.35. The van der Waals surface area contributed by atoms with Crippen molar-refractivity contribution in [1.29, 1.82) is 0 Å². The van der Waals surface area contributed by atoms with Gasteiger partial charge in [0.25, 0.3) is 0 Å². The first-order valence-electron chi connectivity index (χ1n) is 10.4. The van der Waals surface area contributed by atoms with E-state index in [1.54, 1.807) is 18.3 Å². The summed E-state index contributed by atoms with van der Waals surface area (Å²) >= 11 is 0. The normalized spacial score (nSPS) is 20.7. The molecule has 2 heterocycles. The molecule has 3 amide bonds. The quantitative estimate of drug-likeness (QED) is 0.501. The number of rotatable bonds is 7. The van der Waals surface area contributed by atoms with E-state index < -0.39 is 36.0 Å². The van der Waals surface area contributed by atoms with Crippen molar-refractivity contribution in [1.82, 2.24) is 15.6 Å². The van der Waals surface area contributed by atoms with Crippen LogP contribution in [0.4, 0.5) is 23.7 Å². The first-order chi connectivity index (χ1) is 15.7. The number of anilines is 1. The van der Waals surface area contributed by atoms with E-state index in [9.17, 15) is 27.9 Å². The van der Waals surface area contributed by atoms with Gasteiger partial charge in [0, 0.05) is 11.9 Å². The van der Waals surface area contributed by atoms with Gasteiger partial charge in [-0.2, -0.15) is 13.2 Å². The number of carbonyl (C=O) groups is 2. The van der Waals surface area contributed by atoms with Crippen LogP contribution in [-0.2, 0) is 22.3 Å². The van der Waals surface area contributed by atoms with E-state index in [1.165, 1.54) is 0 Å². The first-order valence-corrected chi connectivity index (χ1v) is 10.4. The average Bonchev–Trinajstić information content (AvgIpc) is 2.79. The van der Waals surface area contributed by atoms with Gasteiger partial charge in [-0.3, -0.25) is 9.78 Å². The number of amides is 3. The lowest BCUT2D eigenvalue weighted by atomic mass is 9.97. The standard InChI is InChI=1S/C22H25F3N4O4/c23-22(24,25)14-4-6-15(7-5-14)28-21(32)29-18-9-8-17(33-19(18)13-30)11-20(31)27-12-16-3-1-2-10-26-16/h1-7,10,17-19,30H,8-9,11-13H2,(H,27,31)(H2,28,29,32)/t17-,18-,19+/m1/s1. The lowest BCUT2D eigenvalue weighted by Crippen LogP contribution is -2.52. The van der Waals surface area contributed by atoms with Crippen molar-refractivity contribution in [2.24, 2.45) is 0 Å². The van der Waals surface area contributed by atoms with Crippen LogP contribution in [0.1, 0.15) is 30.5 Å². The van der Waals surface area contributed by atoms with E-state index in [2.05, 4.69) is 20.9 Å². The van der Waals surface area contributed by atoms with Crippen LogP contribution < -0.4 is 16.0 Å². The second-order valence-electron chi connectivity index (χ2n) is 7.64. The van der Waals surface area contributed by atoms with Crippen LogP contribution in [0, 0.1) is 0 Å². The Morgan fingerprint density at radius 2 is 1.88 bits per heavy atom. The van der Waals surface area contributed by atoms with E-state index in [0.29, 0.717) is 19.4 Å². The minimum Gasteiger partial charge on any atom is -0.394 e. The summed E-state index contributed by atoms with van der Waals surface area (Å²) in [6.07, 6.45) is -2.90. The van der Waals surface area contributed by atoms with Crippen molar-refractivity contribution < 1.29 is 32.6 Å². The lowest BCUT2D eigenvalue weighted by molar-refractivity contribution is -0.137. The third-order valence-corrected chi connectivity index (χ3v) is 5.19. The maximum Gasteiger partial charge on any atom is 0.416 e. The first kappa shape index (κ1) is 24.5. The molecule has 8 nitrogen and oxygen atoms in total. The van der Waals surface area contributed by atoms with Crippen LogP contribution in [0.15, 0.2) is 48.7 Å². The summed E-state index contributed by atoms with van der Waals surface area (Å²) in [6, 6.07) is 8.32. The van der Waals surface area contributed by atoms with Gasteiger partial charge in [0.05, 0.1) is 43.0 Å². The summed E-state index contributed by atoms with van der Waals surface area (Å²) in [5.41, 5.74) is 0.108. The number of nitrogens with zero attached hydrogens (tertiary/aromatic N) is 1. The summed E-state index contributed by atoms with van der Waals surface area (Å²) in [5, 5.41) is 17.6. The Morgan fingerprint density at radius 1 is 1.12 bits per heavy atom. The molecule has 0 saturated carbocycles. The largest absolute Gasteiger partial charge is 0.416 e. The summed E-state index contributed by atoms with van der Waals surface area (Å²) in [6.45, 7) is -0.0681. The van der Waals surface area contributed by atoms with Gasteiger partial charge < -0.3 is 25.8 Å². The van der Waals surface area contributed by atoms with Gasteiger partial charge in [-0.05, 0) is 49.2 Å². The molecular weight excluding hydrogens is 441 g/mol. The SMILES string of the molecule is O=C(C[C@H]1CC[C@@H](NC(=O)Nc2ccc(C(F)(F)F)cc2)[C@H](CO)O1)NCc1ccccn1. The van der Waals surface area contributed by atoms with Gasteiger partial charge in [0.15, 0.2) is 0 Å². The van der Waals surface area contributed by atoms with E-state index in [0.717, 1.165) is 30.0 Å². The number of hydrogen-bond donors (Lipinski definition) is 4. The van der Waals surface area contributed by atoms with Crippen molar-refractivity contribution >= 4 is 17.6 Å². The molecule has 3 rings (SSSR count). The van der Waals surface area contributed by atoms with Crippen molar-refractivity contribution in [3.63, 3.8) is 0 Å². The Hall–Kier alpha value is -3.18. The fraction of sp³-hybridized carbons (Fsp3) is 0.409. The highest BCUT2D eigenvalue weighted by molar-refractivity contribution is 5.89. The van der Waals surface area contributed by atoms with Gasteiger partial charge in [0.2, 0.25) is 5.91 Å². The second kappa shape index (κ2) is 11.1. The van der Waals surface area contributed by atoms with Crippen LogP contribution >= 0.6 is 0 Å². The van der Waals surface area contributed by atoms with Crippen LogP contribution in [0.3, 0.4) is 0 Å². The number of ether oxygens (including phenoxy) is 1. The Bertz CT molecular complexity index is 925. The zero-order chi connectivity index (χ0) is 23.8. The highest BCUT2D eigenvalue weighted by Crippen LogP contribution is 2.30. The molecule has 1 aromatic carbocycles. The van der Waals surface area contributed by atoms with Crippen LogP contribution in [0.25, 0.3) is 0 Å². The third-order valence-electron chi connectivity index (χ3n) is 5.19. The highest BCUT2D eigenvalue weighted by Gasteiger charge is 2.33. The van der Waals surface area contributed by atoms with Crippen molar-refractivity contribution in [3.05, 3.63) is 59.9 Å². The van der Waals surface area contributed by atoms with Crippen molar-refractivity contribution in [2.75, 3.05) is 11.9 Å². The minimum absolute atomic E-state index is 0.105. The number of aliphatic hydroxyl groups excluding tert-OH is 1. The van der Waals surface area contributed by atoms with Crippen LogP contribution in [0.2, 0.25) is 0 Å². The highest BCUT2D eigenvalue weighted by atomic mass is 19.4. The Morgan fingerprint density at radius 3 is 2.52 bits per heavy atom. The van der Waals surface area contributed by atoms with E-state index in [1.807, 2.05) is 6.07 Å². The monoisotopic (exact) mass is 466 g/mol. The van der Waals surface area contributed by atoms with Crippen molar-refractivity contribution in [3.8, 4) is 0 Å². The molecule has 0 aliphatic carbocycles. The zero-order valence-corrected chi connectivity index (χ0v) is 17.6. The van der Waals surface area contributed by atoms with Crippen LogP contribution in [0.5, 0.6) is 0 Å². The molecule has 1 aromatic heterocycles. The van der Waals surface area contributed by atoms with Crippen LogP contribution in [-0.4, -0.2) is 46.9 Å². The summed E-state index contributed by atoms with van der Waals surface area (Å²) in [4.78, 5) is 28.6. The molecule has 33 heavy (non-hydrogen) atoms. The molecule has 11 heteroatoms. The average molecular weight is 466 g/mol. The van der Waals surface area contributed by atoms with E-state index >= 15 is 0 Å². The summed E-state index contributed by atoms with van der Waals surface area (Å²) in [7, 11) is 0. The fourth-order valence-electron chi connectivity index (χ4n) is 3.50. The molecule has 1 saturated heterocycles. The van der Waals surface area contributed by atoms with E-state index in [4.69, 9.17) is 4.74 Å². The molecule has 1 aliphatic heterocycles. The number of urea groups is 1. The minimum atomic E-state index is -4.46. The molecule has 1 fully saturated rings. The van der Waals surface area contributed by atoms with Gasteiger partial charge in [-0.25, -0.2) is 4.79 Å².